The van der Waals surface area contributed by atoms with Crippen LogP contribution in [0.4, 0.5) is 4.79 Å². The number of ether oxygens (including phenoxy) is 1. The summed E-state index contributed by atoms with van der Waals surface area (Å²) < 4.78 is 4.57. The van der Waals surface area contributed by atoms with Crippen LogP contribution in [0.5, 0.6) is 0 Å². The number of fused-ring (bicyclic) bond motifs is 1. The van der Waals surface area contributed by atoms with Gasteiger partial charge in [0, 0.05) is 0 Å². The molecule has 19 heavy (non-hydrogen) atoms. The number of nitrogens with zero attached hydrogens (tertiary/aromatic N) is 1. The Morgan fingerprint density at radius 1 is 1.26 bits per heavy atom. The molecule has 10 heteroatoms. The summed E-state index contributed by atoms with van der Waals surface area (Å²) in [6, 6.07) is -1.15. The Kier molecular flexibility index (Phi) is 3.67. The first kappa shape index (κ1) is 14.1. The summed E-state index contributed by atoms with van der Waals surface area (Å²) in [4.78, 5) is 34.4. The van der Waals surface area contributed by atoms with Crippen molar-refractivity contribution < 1.29 is 34.4 Å². The van der Waals surface area contributed by atoms with Gasteiger partial charge in [-0.15, -0.1) is 0 Å². The third-order valence-corrected chi connectivity index (χ3v) is 3.29. The van der Waals surface area contributed by atoms with E-state index in [4.69, 9.17) is 0 Å². The highest BCUT2D eigenvalue weighted by molar-refractivity contribution is 7.96. The standard InChI is InChI=1S/C9H12N2O7S/c12-3-2(1-18-9(17)19)11-6(5(14)4(3)13)10-7(15)8(11)16/h2-6,12-14H,1H2,(H,10,15)(H,17,19)/t2-,3-,4+,5+,6+/m1/s1. The third kappa shape index (κ3) is 2.27. The molecule has 0 unspecified atom stereocenters. The lowest BCUT2D eigenvalue weighted by molar-refractivity contribution is -0.175. The van der Waals surface area contributed by atoms with Gasteiger partial charge in [-0.3, -0.25) is 9.59 Å². The van der Waals surface area contributed by atoms with Crippen LogP contribution in [0, 0.1) is 0 Å². The molecule has 2 aliphatic rings. The van der Waals surface area contributed by atoms with E-state index in [-0.39, 0.29) is 0 Å². The number of rotatable bonds is 2. The van der Waals surface area contributed by atoms with E-state index >= 15 is 0 Å². The van der Waals surface area contributed by atoms with E-state index in [0.29, 0.717) is 0 Å². The molecule has 0 aliphatic carbocycles. The first-order valence-electron chi connectivity index (χ1n) is 5.37. The van der Waals surface area contributed by atoms with Crippen molar-refractivity contribution in [3.63, 3.8) is 0 Å². The number of hydrogen-bond donors (Lipinski definition) is 5. The van der Waals surface area contributed by atoms with Gasteiger partial charge in [-0.05, 0) is 0 Å². The second kappa shape index (κ2) is 4.96. The molecule has 2 amide bonds. The minimum Gasteiger partial charge on any atom is -0.455 e. The molecule has 2 fully saturated rings. The lowest BCUT2D eigenvalue weighted by atomic mass is 9.92. The van der Waals surface area contributed by atoms with Crippen LogP contribution in [0.1, 0.15) is 0 Å². The molecule has 0 saturated carbocycles. The molecule has 9 nitrogen and oxygen atoms in total. The summed E-state index contributed by atoms with van der Waals surface area (Å²) >= 11 is 3.36. The van der Waals surface area contributed by atoms with Gasteiger partial charge >= 0.3 is 17.1 Å². The number of nitrogens with one attached hydrogen (secondary N) is 1. The lowest BCUT2D eigenvalue weighted by Gasteiger charge is -2.44. The van der Waals surface area contributed by atoms with E-state index < -0.39 is 54.2 Å². The first-order valence-corrected chi connectivity index (χ1v) is 5.82. The Morgan fingerprint density at radius 2 is 1.89 bits per heavy atom. The summed E-state index contributed by atoms with van der Waals surface area (Å²) in [5.41, 5.74) is 0. The number of hydrogen-bond acceptors (Lipinski definition) is 7. The van der Waals surface area contributed by atoms with Gasteiger partial charge in [-0.1, -0.05) is 12.6 Å². The molecule has 2 rings (SSSR count). The number of thiol groups is 1. The molecule has 0 spiro atoms. The number of amides is 2. The molecule has 2 aliphatic heterocycles. The van der Waals surface area contributed by atoms with Gasteiger partial charge in [0.15, 0.2) is 0 Å². The predicted octanol–water partition coefficient (Wildman–Crippen LogP) is -3.20. The largest absolute Gasteiger partial charge is 0.455 e. The van der Waals surface area contributed by atoms with Crippen LogP contribution >= 0.6 is 12.6 Å². The van der Waals surface area contributed by atoms with Gasteiger partial charge < -0.3 is 30.3 Å². The maximum absolute atomic E-state index is 11.6. The van der Waals surface area contributed by atoms with Crippen molar-refractivity contribution in [2.24, 2.45) is 0 Å². The van der Waals surface area contributed by atoms with Gasteiger partial charge in [0.1, 0.15) is 31.1 Å². The maximum Gasteiger partial charge on any atom is 0.364 e. The molecule has 4 N–H and O–H groups in total. The van der Waals surface area contributed by atoms with Crippen LogP contribution < -0.4 is 5.32 Å². The number of carbonyl (C=O) groups excluding carboxylic acids is 3. The van der Waals surface area contributed by atoms with Gasteiger partial charge in [-0.25, -0.2) is 4.79 Å². The number of aliphatic hydroxyl groups is 3. The van der Waals surface area contributed by atoms with Crippen molar-refractivity contribution in [3.8, 4) is 0 Å². The second-order valence-electron chi connectivity index (χ2n) is 4.25. The molecule has 0 aromatic heterocycles. The van der Waals surface area contributed by atoms with Gasteiger partial charge in [-0.2, -0.15) is 0 Å². The topological polar surface area (TPSA) is 136 Å². The minimum absolute atomic E-state index is 0.454. The van der Waals surface area contributed by atoms with Gasteiger partial charge in [0.25, 0.3) is 0 Å². The molecule has 106 valence electrons. The van der Waals surface area contributed by atoms with Crippen LogP contribution in [-0.4, -0.2) is 74.5 Å². The maximum atomic E-state index is 11.6. The molecule has 0 radical (unpaired) electrons. The highest BCUT2D eigenvalue weighted by Crippen LogP contribution is 2.27. The average Bonchev–Trinajstić information content (AvgIpc) is 2.64. The highest BCUT2D eigenvalue weighted by atomic mass is 32.1. The van der Waals surface area contributed by atoms with Crippen molar-refractivity contribution in [2.45, 2.75) is 30.5 Å². The van der Waals surface area contributed by atoms with E-state index in [1.165, 1.54) is 0 Å². The fourth-order valence-corrected chi connectivity index (χ4v) is 2.31. The fraction of sp³-hybridized carbons (Fsp3) is 0.667. The Labute approximate surface area is 112 Å². The fourth-order valence-electron chi connectivity index (χ4n) is 2.23. The van der Waals surface area contributed by atoms with E-state index in [9.17, 15) is 29.7 Å². The number of carbonyl (C=O) groups is 3. The molecule has 0 aromatic rings. The minimum atomic E-state index is -1.59. The van der Waals surface area contributed by atoms with E-state index in [2.05, 4.69) is 22.7 Å². The SMILES string of the molecule is O=C(S)OC[C@@H]1[C@@H](O)[C@H](O)[C@H](O)[C@H]2NC(=O)C(=O)N12. The Bertz CT molecular complexity index is 431. The van der Waals surface area contributed by atoms with E-state index in [1.54, 1.807) is 0 Å². The van der Waals surface area contributed by atoms with E-state index in [1.807, 2.05) is 0 Å². The normalized spacial score (nSPS) is 37.9. The molecule has 2 heterocycles. The van der Waals surface area contributed by atoms with Crippen molar-refractivity contribution in [1.82, 2.24) is 10.2 Å². The number of aliphatic hydroxyl groups excluding tert-OH is 3. The van der Waals surface area contributed by atoms with Crippen LogP contribution in [0.15, 0.2) is 0 Å². The molecule has 5 atom stereocenters. The van der Waals surface area contributed by atoms with Crippen LogP contribution in [0.3, 0.4) is 0 Å². The first-order chi connectivity index (χ1) is 8.84. The van der Waals surface area contributed by atoms with Crippen molar-refractivity contribution in [1.29, 1.82) is 0 Å². The predicted molar refractivity (Wildman–Crippen MR) is 60.9 cm³/mol. The van der Waals surface area contributed by atoms with Crippen molar-refractivity contribution in [2.75, 3.05) is 6.61 Å². The molecular weight excluding hydrogens is 280 g/mol. The smallest absolute Gasteiger partial charge is 0.364 e. The monoisotopic (exact) mass is 292 g/mol. The summed E-state index contributed by atoms with van der Waals surface area (Å²) in [6.07, 6.45) is -5.85. The molecular formula is C9H12N2O7S. The molecule has 0 bridgehead atoms. The lowest BCUT2D eigenvalue weighted by Crippen LogP contribution is -2.68. The summed E-state index contributed by atoms with van der Waals surface area (Å²) in [6.45, 7) is -0.454. The highest BCUT2D eigenvalue weighted by Gasteiger charge is 2.55. The third-order valence-electron chi connectivity index (χ3n) is 3.16. The zero-order valence-corrected chi connectivity index (χ0v) is 10.4. The number of piperidine rings is 1. The summed E-state index contributed by atoms with van der Waals surface area (Å²) in [5.74, 6) is -1.94. The van der Waals surface area contributed by atoms with Gasteiger partial charge in [0.2, 0.25) is 0 Å². The Balaban J connectivity index is 2.25. The zero-order valence-electron chi connectivity index (χ0n) is 9.46. The summed E-state index contributed by atoms with van der Waals surface area (Å²) in [5, 5.41) is 30.4. The van der Waals surface area contributed by atoms with E-state index in [0.717, 1.165) is 4.90 Å². The average molecular weight is 292 g/mol. The zero-order chi connectivity index (χ0) is 14.3. The second-order valence-corrected chi connectivity index (χ2v) is 4.61. The van der Waals surface area contributed by atoms with Crippen LogP contribution in [0.25, 0.3) is 0 Å². The Morgan fingerprint density at radius 3 is 2.47 bits per heavy atom. The van der Waals surface area contributed by atoms with Crippen molar-refractivity contribution >= 4 is 29.7 Å². The van der Waals surface area contributed by atoms with Crippen LogP contribution in [0.2, 0.25) is 0 Å². The molecule has 0 aromatic carbocycles. The Hall–Kier alpha value is -1.36. The molecule has 2 saturated heterocycles. The van der Waals surface area contributed by atoms with Gasteiger partial charge in [0.05, 0.1) is 6.04 Å². The quantitative estimate of drug-likeness (QED) is 0.205. The van der Waals surface area contributed by atoms with Crippen molar-refractivity contribution in [3.05, 3.63) is 0 Å². The van der Waals surface area contributed by atoms with Crippen LogP contribution in [-0.2, 0) is 14.3 Å². The summed E-state index contributed by atoms with van der Waals surface area (Å²) in [7, 11) is 0.